The van der Waals surface area contributed by atoms with Crippen LogP contribution in [-0.2, 0) is 4.57 Å². The van der Waals surface area contributed by atoms with E-state index in [1.807, 2.05) is 78.9 Å². The first-order chi connectivity index (χ1) is 11.3. The second kappa shape index (κ2) is 6.98. The summed E-state index contributed by atoms with van der Waals surface area (Å²) in [6.45, 7) is 2.12. The van der Waals surface area contributed by atoms with E-state index in [-0.39, 0.29) is 5.66 Å². The molecule has 0 aliphatic rings. The molecular formula is C21H21OP. The van der Waals surface area contributed by atoms with Crippen molar-refractivity contribution in [3.05, 3.63) is 96.6 Å². The number of hydrogen-bond acceptors (Lipinski definition) is 1. The maximum absolute atomic E-state index is 14.3. The predicted octanol–water partition coefficient (Wildman–Crippen LogP) is 5.15. The largest absolute Gasteiger partial charge is 0.313 e. The molecule has 0 amide bonds. The van der Waals surface area contributed by atoms with Gasteiger partial charge in [-0.2, -0.15) is 0 Å². The summed E-state index contributed by atoms with van der Waals surface area (Å²) in [5.74, 6) is 0. The van der Waals surface area contributed by atoms with E-state index in [0.29, 0.717) is 0 Å². The Bertz CT molecular complexity index is 738. The molecule has 1 nitrogen and oxygen atoms in total. The summed E-state index contributed by atoms with van der Waals surface area (Å²) in [5.41, 5.74) is 1.14. The Kier molecular flexibility index (Phi) is 4.79. The fraction of sp³-hybridized carbons (Fsp3) is 0.143. The summed E-state index contributed by atoms with van der Waals surface area (Å²) < 4.78 is 14.3. The second-order valence-electron chi connectivity index (χ2n) is 5.66. The highest BCUT2D eigenvalue weighted by molar-refractivity contribution is 7.79. The molecule has 0 spiro atoms. The van der Waals surface area contributed by atoms with Crippen LogP contribution < -0.4 is 10.6 Å². The normalized spacial score (nSPS) is 12.7. The first kappa shape index (κ1) is 15.8. The maximum Gasteiger partial charge on any atom is 0.150 e. The molecule has 0 aliphatic carbocycles. The van der Waals surface area contributed by atoms with Gasteiger partial charge < -0.3 is 4.57 Å². The Balaban J connectivity index is 2.22. The van der Waals surface area contributed by atoms with Crippen molar-refractivity contribution in [1.29, 1.82) is 0 Å². The van der Waals surface area contributed by atoms with Crippen LogP contribution in [0.2, 0.25) is 0 Å². The van der Waals surface area contributed by atoms with E-state index in [1.165, 1.54) is 0 Å². The summed E-state index contributed by atoms with van der Waals surface area (Å²) in [7, 11) is -2.76. The van der Waals surface area contributed by atoms with Crippen LogP contribution in [0.1, 0.15) is 24.6 Å². The molecule has 0 saturated heterocycles. The fourth-order valence-electron chi connectivity index (χ4n) is 3.19. The maximum atomic E-state index is 14.3. The average Bonchev–Trinajstić information content (AvgIpc) is 2.64. The van der Waals surface area contributed by atoms with Crippen LogP contribution in [0.3, 0.4) is 0 Å². The lowest BCUT2D eigenvalue weighted by Gasteiger charge is -2.28. The molecule has 1 unspecified atom stereocenters. The molecule has 0 aromatic heterocycles. The molecule has 0 fully saturated rings. The fourth-order valence-corrected chi connectivity index (χ4v) is 6.54. The summed E-state index contributed by atoms with van der Waals surface area (Å²) in [4.78, 5) is 0. The first-order valence-corrected chi connectivity index (χ1v) is 9.80. The second-order valence-corrected chi connectivity index (χ2v) is 8.64. The molecule has 0 aliphatic heterocycles. The van der Waals surface area contributed by atoms with Crippen LogP contribution in [-0.4, -0.2) is 0 Å². The van der Waals surface area contributed by atoms with Crippen molar-refractivity contribution >= 4 is 17.8 Å². The van der Waals surface area contributed by atoms with Crippen LogP contribution >= 0.6 is 7.14 Å². The van der Waals surface area contributed by atoms with Crippen LogP contribution in [0.15, 0.2) is 91.0 Å². The van der Waals surface area contributed by atoms with Crippen molar-refractivity contribution in [2.45, 2.75) is 19.0 Å². The molecule has 3 aromatic carbocycles. The summed E-state index contributed by atoms with van der Waals surface area (Å²) in [6.07, 6.45) is 0.838. The van der Waals surface area contributed by atoms with E-state index in [2.05, 4.69) is 19.1 Å². The van der Waals surface area contributed by atoms with Crippen LogP contribution in [0, 0.1) is 0 Å². The molecule has 116 valence electrons. The van der Waals surface area contributed by atoms with Crippen molar-refractivity contribution in [2.75, 3.05) is 0 Å². The van der Waals surface area contributed by atoms with E-state index in [9.17, 15) is 4.57 Å². The van der Waals surface area contributed by atoms with E-state index < -0.39 is 7.14 Å². The zero-order valence-electron chi connectivity index (χ0n) is 13.3. The molecule has 2 heteroatoms. The first-order valence-electron chi connectivity index (χ1n) is 8.02. The lowest BCUT2D eigenvalue weighted by molar-refractivity contribution is 0.576. The lowest BCUT2D eigenvalue weighted by Crippen LogP contribution is -2.21. The van der Waals surface area contributed by atoms with Crippen LogP contribution in [0.25, 0.3) is 0 Å². The lowest BCUT2D eigenvalue weighted by atomic mass is 10.1. The topological polar surface area (TPSA) is 17.1 Å². The molecule has 23 heavy (non-hydrogen) atoms. The van der Waals surface area contributed by atoms with Gasteiger partial charge in [0.15, 0.2) is 0 Å². The minimum atomic E-state index is -2.76. The van der Waals surface area contributed by atoms with E-state index >= 15 is 0 Å². The molecule has 0 radical (unpaired) electrons. The Labute approximate surface area is 138 Å². The number of rotatable bonds is 5. The Morgan fingerprint density at radius 3 is 1.48 bits per heavy atom. The van der Waals surface area contributed by atoms with Gasteiger partial charge in [-0.3, -0.25) is 0 Å². The molecule has 0 heterocycles. The van der Waals surface area contributed by atoms with Gasteiger partial charge in [-0.1, -0.05) is 97.9 Å². The van der Waals surface area contributed by atoms with Gasteiger partial charge in [0.2, 0.25) is 0 Å². The Morgan fingerprint density at radius 2 is 1.09 bits per heavy atom. The standard InChI is InChI=1S/C21H21OP/c1-2-21(18-12-6-3-7-13-18)23(22,19-14-8-4-9-15-19)20-16-10-5-11-17-20/h3-17,21H,2H2,1H3. The van der Waals surface area contributed by atoms with Crippen molar-refractivity contribution in [3.8, 4) is 0 Å². The summed E-state index contributed by atoms with van der Waals surface area (Å²) in [6, 6.07) is 30.1. The Hall–Kier alpha value is -2.11. The van der Waals surface area contributed by atoms with Crippen LogP contribution in [0.4, 0.5) is 0 Å². The molecule has 1 atom stereocenters. The zero-order chi connectivity index (χ0) is 16.1. The molecule has 0 bridgehead atoms. The number of hydrogen-bond donors (Lipinski definition) is 0. The smallest absolute Gasteiger partial charge is 0.150 e. The van der Waals surface area contributed by atoms with Crippen molar-refractivity contribution in [3.63, 3.8) is 0 Å². The van der Waals surface area contributed by atoms with Crippen molar-refractivity contribution < 1.29 is 4.57 Å². The highest BCUT2D eigenvalue weighted by atomic mass is 31.2. The summed E-state index contributed by atoms with van der Waals surface area (Å²) >= 11 is 0. The quantitative estimate of drug-likeness (QED) is 0.594. The van der Waals surface area contributed by atoms with Crippen LogP contribution in [0.5, 0.6) is 0 Å². The number of benzene rings is 3. The van der Waals surface area contributed by atoms with Crippen molar-refractivity contribution in [2.24, 2.45) is 0 Å². The zero-order valence-corrected chi connectivity index (χ0v) is 14.2. The van der Waals surface area contributed by atoms with E-state index in [1.54, 1.807) is 0 Å². The molecule has 3 aromatic rings. The Morgan fingerprint density at radius 1 is 0.696 bits per heavy atom. The van der Waals surface area contributed by atoms with Gasteiger partial charge in [0, 0.05) is 16.3 Å². The van der Waals surface area contributed by atoms with Gasteiger partial charge in [0.1, 0.15) is 7.14 Å². The third-order valence-electron chi connectivity index (χ3n) is 4.29. The minimum absolute atomic E-state index is 0.00602. The van der Waals surface area contributed by atoms with Gasteiger partial charge >= 0.3 is 0 Å². The van der Waals surface area contributed by atoms with Gasteiger partial charge in [-0.05, 0) is 12.0 Å². The molecule has 0 N–H and O–H groups in total. The summed E-state index contributed by atoms with van der Waals surface area (Å²) in [5, 5.41) is 1.86. The minimum Gasteiger partial charge on any atom is -0.313 e. The van der Waals surface area contributed by atoms with Gasteiger partial charge in [-0.25, -0.2) is 0 Å². The molecule has 3 rings (SSSR count). The third kappa shape index (κ3) is 3.02. The van der Waals surface area contributed by atoms with Gasteiger partial charge in [0.25, 0.3) is 0 Å². The molecular weight excluding hydrogens is 299 g/mol. The average molecular weight is 320 g/mol. The molecule has 0 saturated carbocycles. The van der Waals surface area contributed by atoms with E-state index in [0.717, 1.165) is 22.6 Å². The van der Waals surface area contributed by atoms with E-state index in [4.69, 9.17) is 0 Å². The van der Waals surface area contributed by atoms with Gasteiger partial charge in [-0.15, -0.1) is 0 Å². The monoisotopic (exact) mass is 320 g/mol. The SMILES string of the molecule is CCC(c1ccccc1)P(=O)(c1ccccc1)c1ccccc1. The highest BCUT2D eigenvalue weighted by Gasteiger charge is 2.36. The predicted molar refractivity (Wildman–Crippen MR) is 99.2 cm³/mol. The highest BCUT2D eigenvalue weighted by Crippen LogP contribution is 2.58. The van der Waals surface area contributed by atoms with Crippen molar-refractivity contribution in [1.82, 2.24) is 0 Å². The van der Waals surface area contributed by atoms with Gasteiger partial charge in [0.05, 0.1) is 0 Å². The third-order valence-corrected chi connectivity index (χ3v) is 7.96.